The van der Waals surface area contributed by atoms with Crippen molar-refractivity contribution in [2.75, 3.05) is 0 Å². The van der Waals surface area contributed by atoms with E-state index < -0.39 is 0 Å². The summed E-state index contributed by atoms with van der Waals surface area (Å²) in [5.74, 6) is 0.986. The van der Waals surface area contributed by atoms with Gasteiger partial charge in [-0.2, -0.15) is 0 Å². The van der Waals surface area contributed by atoms with E-state index in [1.165, 1.54) is 5.56 Å². The zero-order valence-electron chi connectivity index (χ0n) is 14.2. The first-order valence-corrected chi connectivity index (χ1v) is 8.20. The van der Waals surface area contributed by atoms with Crippen LogP contribution in [0.3, 0.4) is 0 Å². The van der Waals surface area contributed by atoms with Gasteiger partial charge in [-0.1, -0.05) is 53.7 Å². The van der Waals surface area contributed by atoms with E-state index in [-0.39, 0.29) is 12.1 Å². The van der Waals surface area contributed by atoms with Crippen LogP contribution >= 0.6 is 0 Å². The van der Waals surface area contributed by atoms with Crippen molar-refractivity contribution in [3.8, 4) is 0 Å². The fourth-order valence-corrected chi connectivity index (χ4v) is 2.59. The summed E-state index contributed by atoms with van der Waals surface area (Å²) in [6.45, 7) is 13.0. The van der Waals surface area contributed by atoms with Crippen LogP contribution in [0.4, 0.5) is 0 Å². The van der Waals surface area contributed by atoms with Gasteiger partial charge in [-0.25, -0.2) is 4.79 Å². The molecule has 0 N–H and O–H groups in total. The maximum Gasteiger partial charge on any atom is 0.338 e. The lowest BCUT2D eigenvalue weighted by atomic mass is 9.84. The fourth-order valence-electron chi connectivity index (χ4n) is 2.59. The molecule has 116 valence electrons. The molecule has 0 atom stereocenters. The summed E-state index contributed by atoms with van der Waals surface area (Å²) in [6.07, 6.45) is 2.19. The Morgan fingerprint density at radius 2 is 1.43 bits per heavy atom. The number of hydrogen-bond donors (Lipinski definition) is 0. The lowest BCUT2D eigenvalue weighted by Crippen LogP contribution is -2.15. The molecule has 0 saturated heterocycles. The SMILES string of the molecule is CC(C)c1cc(C(C)C)c(C(=O)OC2CC2)c(C(C)C)c1. The maximum atomic E-state index is 12.6. The highest BCUT2D eigenvalue weighted by molar-refractivity contribution is 5.93. The molecule has 0 heterocycles. The third-order valence-electron chi connectivity index (χ3n) is 4.13. The Bertz CT molecular complexity index is 493. The molecule has 1 aromatic carbocycles. The van der Waals surface area contributed by atoms with Gasteiger partial charge in [0, 0.05) is 0 Å². The van der Waals surface area contributed by atoms with Crippen LogP contribution in [0.2, 0.25) is 0 Å². The van der Waals surface area contributed by atoms with E-state index in [1.807, 2.05) is 0 Å². The van der Waals surface area contributed by atoms with Crippen LogP contribution in [-0.4, -0.2) is 12.1 Å². The Morgan fingerprint density at radius 3 is 1.76 bits per heavy atom. The molecule has 21 heavy (non-hydrogen) atoms. The Kier molecular flexibility index (Phi) is 4.75. The molecule has 2 heteroatoms. The van der Waals surface area contributed by atoms with Gasteiger partial charge >= 0.3 is 5.97 Å². The van der Waals surface area contributed by atoms with Gasteiger partial charge in [0.05, 0.1) is 5.56 Å². The van der Waals surface area contributed by atoms with E-state index in [1.54, 1.807) is 0 Å². The van der Waals surface area contributed by atoms with Gasteiger partial charge in [0.25, 0.3) is 0 Å². The van der Waals surface area contributed by atoms with Gasteiger partial charge in [-0.3, -0.25) is 0 Å². The van der Waals surface area contributed by atoms with Crippen molar-refractivity contribution in [1.29, 1.82) is 0 Å². The van der Waals surface area contributed by atoms with Gasteiger partial charge in [0.15, 0.2) is 0 Å². The standard InChI is InChI=1S/C19H28O2/c1-11(2)14-9-16(12(3)4)18(17(10-14)13(5)6)19(20)21-15-7-8-15/h9-13,15H,7-8H2,1-6H3. The fraction of sp³-hybridized carbons (Fsp3) is 0.632. The van der Waals surface area contributed by atoms with Crippen molar-refractivity contribution >= 4 is 5.97 Å². The van der Waals surface area contributed by atoms with Gasteiger partial charge in [-0.15, -0.1) is 0 Å². The largest absolute Gasteiger partial charge is 0.459 e. The maximum absolute atomic E-state index is 12.6. The monoisotopic (exact) mass is 288 g/mol. The van der Waals surface area contributed by atoms with E-state index >= 15 is 0 Å². The Labute approximate surface area is 128 Å². The van der Waals surface area contributed by atoms with E-state index in [0.29, 0.717) is 17.8 Å². The number of carbonyl (C=O) groups is 1. The van der Waals surface area contributed by atoms with Crippen LogP contribution < -0.4 is 0 Å². The van der Waals surface area contributed by atoms with Crippen molar-refractivity contribution in [3.63, 3.8) is 0 Å². The van der Waals surface area contributed by atoms with Gasteiger partial charge in [0.2, 0.25) is 0 Å². The van der Waals surface area contributed by atoms with Crippen molar-refractivity contribution in [1.82, 2.24) is 0 Å². The highest BCUT2D eigenvalue weighted by atomic mass is 16.5. The second kappa shape index (κ2) is 6.21. The summed E-state index contributed by atoms with van der Waals surface area (Å²) in [5, 5.41) is 0. The first kappa shape index (κ1) is 16.1. The van der Waals surface area contributed by atoms with E-state index in [9.17, 15) is 4.79 Å². The molecule has 1 fully saturated rings. The smallest absolute Gasteiger partial charge is 0.338 e. The summed E-state index contributed by atoms with van der Waals surface area (Å²) >= 11 is 0. The average molecular weight is 288 g/mol. The molecule has 0 spiro atoms. The lowest BCUT2D eigenvalue weighted by Gasteiger charge is -2.21. The van der Waals surface area contributed by atoms with Crippen molar-refractivity contribution in [2.45, 2.75) is 78.2 Å². The van der Waals surface area contributed by atoms with Crippen molar-refractivity contribution < 1.29 is 9.53 Å². The first-order valence-electron chi connectivity index (χ1n) is 8.20. The molecule has 0 amide bonds. The van der Waals surface area contributed by atoms with Gasteiger partial charge in [0.1, 0.15) is 6.10 Å². The van der Waals surface area contributed by atoms with Gasteiger partial charge in [-0.05, 0) is 47.3 Å². The third kappa shape index (κ3) is 3.66. The molecule has 1 aliphatic rings. The number of rotatable bonds is 5. The lowest BCUT2D eigenvalue weighted by molar-refractivity contribution is 0.0468. The molecule has 0 aromatic heterocycles. The summed E-state index contributed by atoms with van der Waals surface area (Å²) in [4.78, 5) is 12.6. The zero-order valence-corrected chi connectivity index (χ0v) is 14.2. The number of hydrogen-bond acceptors (Lipinski definition) is 2. The topological polar surface area (TPSA) is 26.3 Å². The highest BCUT2D eigenvalue weighted by Crippen LogP contribution is 2.34. The predicted octanol–water partition coefficient (Wildman–Crippen LogP) is 5.38. The summed E-state index contributed by atoms with van der Waals surface area (Å²) < 4.78 is 5.59. The third-order valence-corrected chi connectivity index (χ3v) is 4.13. The second-order valence-electron chi connectivity index (χ2n) is 7.14. The number of carbonyl (C=O) groups excluding carboxylic acids is 1. The summed E-state index contributed by atoms with van der Waals surface area (Å²) in [7, 11) is 0. The Morgan fingerprint density at radius 1 is 0.952 bits per heavy atom. The van der Waals surface area contributed by atoms with Crippen LogP contribution in [0.15, 0.2) is 12.1 Å². The number of ether oxygens (including phenoxy) is 1. The zero-order chi connectivity index (χ0) is 15.7. The van der Waals surface area contributed by atoms with Gasteiger partial charge < -0.3 is 4.74 Å². The molecule has 0 unspecified atom stereocenters. The Hall–Kier alpha value is -1.31. The van der Waals surface area contributed by atoms with E-state index in [2.05, 4.69) is 53.7 Å². The predicted molar refractivity (Wildman–Crippen MR) is 87.1 cm³/mol. The molecule has 0 radical (unpaired) electrons. The van der Waals surface area contributed by atoms with Crippen LogP contribution in [0.25, 0.3) is 0 Å². The molecule has 2 nitrogen and oxygen atoms in total. The molecular weight excluding hydrogens is 260 g/mol. The summed E-state index contributed by atoms with van der Waals surface area (Å²) in [5.41, 5.74) is 4.40. The normalized spacial score (nSPS) is 15.1. The van der Waals surface area contributed by atoms with Crippen LogP contribution in [0.5, 0.6) is 0 Å². The first-order chi connectivity index (χ1) is 9.81. The molecule has 1 aliphatic carbocycles. The molecule has 0 aliphatic heterocycles. The summed E-state index contributed by atoms with van der Waals surface area (Å²) in [6, 6.07) is 4.40. The van der Waals surface area contributed by atoms with E-state index in [4.69, 9.17) is 4.74 Å². The highest BCUT2D eigenvalue weighted by Gasteiger charge is 2.30. The minimum Gasteiger partial charge on any atom is -0.459 e. The molecule has 2 rings (SSSR count). The second-order valence-corrected chi connectivity index (χ2v) is 7.14. The molecular formula is C19H28O2. The number of benzene rings is 1. The molecule has 0 bridgehead atoms. The minimum atomic E-state index is -0.125. The quantitative estimate of drug-likeness (QED) is 0.680. The average Bonchev–Trinajstić information content (AvgIpc) is 3.20. The van der Waals surface area contributed by atoms with E-state index in [0.717, 1.165) is 29.5 Å². The van der Waals surface area contributed by atoms with Crippen molar-refractivity contribution in [3.05, 3.63) is 34.4 Å². The molecule has 1 aromatic rings. The van der Waals surface area contributed by atoms with Crippen LogP contribution in [0.1, 0.15) is 99.2 Å². The molecule has 1 saturated carbocycles. The van der Waals surface area contributed by atoms with Crippen molar-refractivity contribution in [2.24, 2.45) is 0 Å². The minimum absolute atomic E-state index is 0.125. The number of esters is 1. The van der Waals surface area contributed by atoms with Crippen LogP contribution in [-0.2, 0) is 4.74 Å². The van der Waals surface area contributed by atoms with Crippen LogP contribution in [0, 0.1) is 0 Å². The Balaban J connectivity index is 2.54.